The van der Waals surface area contributed by atoms with E-state index in [0.717, 1.165) is 6.42 Å². The Morgan fingerprint density at radius 3 is 2.89 bits per heavy atom. The highest BCUT2D eigenvalue weighted by Gasteiger charge is 2.36. The predicted molar refractivity (Wildman–Crippen MR) is 71.4 cm³/mol. The molecular weight excluding hydrogens is 268 g/mol. The molecular formula is C12H18N2O4S. The standard InChI is InChI=1S/C12H18N2O4S/c1-18-11-5-4-9(13)7-12(11)19(16,17)14-6-2-3-10(14)8-15/h4-5,7,10,15H,2-3,6,8,13H2,1H3/t10-/m1/s1. The minimum absolute atomic E-state index is 0.0513. The maximum atomic E-state index is 12.6. The summed E-state index contributed by atoms with van der Waals surface area (Å²) in [6.45, 7) is 0.232. The quantitative estimate of drug-likeness (QED) is 0.783. The lowest BCUT2D eigenvalue weighted by molar-refractivity contribution is 0.213. The van der Waals surface area contributed by atoms with Gasteiger partial charge in [-0.25, -0.2) is 8.42 Å². The van der Waals surface area contributed by atoms with Gasteiger partial charge in [0, 0.05) is 18.3 Å². The molecule has 0 bridgehead atoms. The molecule has 1 heterocycles. The number of benzene rings is 1. The fourth-order valence-corrected chi connectivity index (χ4v) is 4.21. The molecule has 7 heteroatoms. The molecule has 106 valence electrons. The first-order valence-corrected chi connectivity index (χ1v) is 7.51. The molecule has 1 atom stereocenters. The van der Waals surface area contributed by atoms with Gasteiger partial charge >= 0.3 is 0 Å². The third kappa shape index (κ3) is 2.54. The van der Waals surface area contributed by atoms with Gasteiger partial charge in [-0.3, -0.25) is 0 Å². The maximum absolute atomic E-state index is 12.6. The highest BCUT2D eigenvalue weighted by atomic mass is 32.2. The van der Waals surface area contributed by atoms with Crippen molar-refractivity contribution in [3.63, 3.8) is 0 Å². The van der Waals surface area contributed by atoms with E-state index in [2.05, 4.69) is 0 Å². The zero-order valence-electron chi connectivity index (χ0n) is 10.7. The molecule has 1 aromatic rings. The van der Waals surface area contributed by atoms with Gasteiger partial charge in [0.2, 0.25) is 10.0 Å². The van der Waals surface area contributed by atoms with Crippen molar-refractivity contribution in [2.45, 2.75) is 23.8 Å². The van der Waals surface area contributed by atoms with Gasteiger partial charge in [-0.2, -0.15) is 4.31 Å². The summed E-state index contributed by atoms with van der Waals surface area (Å²) in [5.41, 5.74) is 6.02. The molecule has 1 fully saturated rings. The van der Waals surface area contributed by atoms with Gasteiger partial charge in [-0.1, -0.05) is 0 Å². The monoisotopic (exact) mass is 286 g/mol. The minimum atomic E-state index is -3.70. The van der Waals surface area contributed by atoms with Gasteiger partial charge in [-0.05, 0) is 31.0 Å². The number of rotatable bonds is 4. The lowest BCUT2D eigenvalue weighted by Crippen LogP contribution is -2.37. The lowest BCUT2D eigenvalue weighted by atomic mass is 10.2. The van der Waals surface area contributed by atoms with Crippen LogP contribution in [0.5, 0.6) is 5.75 Å². The molecule has 0 aromatic heterocycles. The van der Waals surface area contributed by atoms with Gasteiger partial charge in [0.25, 0.3) is 0 Å². The number of nitrogens with zero attached hydrogens (tertiary/aromatic N) is 1. The van der Waals surface area contributed by atoms with E-state index < -0.39 is 10.0 Å². The second-order valence-corrected chi connectivity index (χ2v) is 6.36. The first kappa shape index (κ1) is 14.1. The fourth-order valence-electron chi connectivity index (χ4n) is 2.33. The Kier molecular flexibility index (Phi) is 3.98. The van der Waals surface area contributed by atoms with Crippen LogP contribution >= 0.6 is 0 Å². The minimum Gasteiger partial charge on any atom is -0.495 e. The summed E-state index contributed by atoms with van der Waals surface area (Å²) >= 11 is 0. The Morgan fingerprint density at radius 2 is 2.26 bits per heavy atom. The van der Waals surface area contributed by atoms with Crippen LogP contribution < -0.4 is 10.5 Å². The molecule has 19 heavy (non-hydrogen) atoms. The van der Waals surface area contributed by atoms with Crippen LogP contribution in [0.2, 0.25) is 0 Å². The van der Waals surface area contributed by atoms with E-state index in [1.165, 1.54) is 23.5 Å². The molecule has 2 rings (SSSR count). The predicted octanol–water partition coefficient (Wildman–Crippen LogP) is 0.423. The van der Waals surface area contributed by atoms with E-state index in [9.17, 15) is 13.5 Å². The summed E-state index contributed by atoms with van der Waals surface area (Å²) in [5, 5.41) is 9.27. The largest absolute Gasteiger partial charge is 0.495 e. The fraction of sp³-hybridized carbons (Fsp3) is 0.500. The Labute approximate surface area is 112 Å². The molecule has 0 amide bonds. The van der Waals surface area contributed by atoms with Crippen LogP contribution in [0.3, 0.4) is 0 Å². The number of hydrogen-bond acceptors (Lipinski definition) is 5. The second kappa shape index (κ2) is 5.36. The summed E-state index contributed by atoms with van der Waals surface area (Å²) in [4.78, 5) is 0.0513. The van der Waals surface area contributed by atoms with E-state index in [4.69, 9.17) is 10.5 Å². The smallest absolute Gasteiger partial charge is 0.247 e. The molecule has 0 aliphatic carbocycles. The highest BCUT2D eigenvalue weighted by Crippen LogP contribution is 2.32. The number of nitrogen functional groups attached to an aromatic ring is 1. The van der Waals surface area contributed by atoms with Gasteiger partial charge in [0.05, 0.1) is 13.7 Å². The van der Waals surface area contributed by atoms with E-state index >= 15 is 0 Å². The molecule has 1 aromatic carbocycles. The Morgan fingerprint density at radius 1 is 1.53 bits per heavy atom. The highest BCUT2D eigenvalue weighted by molar-refractivity contribution is 7.89. The molecule has 0 radical (unpaired) electrons. The number of methoxy groups -OCH3 is 1. The number of hydrogen-bond donors (Lipinski definition) is 2. The SMILES string of the molecule is COc1ccc(N)cc1S(=O)(=O)N1CCC[C@@H]1CO. The topological polar surface area (TPSA) is 92.9 Å². The number of aliphatic hydroxyl groups excluding tert-OH is 1. The molecule has 1 aliphatic rings. The van der Waals surface area contributed by atoms with Gasteiger partial charge in [0.1, 0.15) is 10.6 Å². The molecule has 3 N–H and O–H groups in total. The first-order chi connectivity index (χ1) is 9.00. The van der Waals surface area contributed by atoms with Crippen molar-refractivity contribution in [1.82, 2.24) is 4.31 Å². The first-order valence-electron chi connectivity index (χ1n) is 6.07. The number of ether oxygens (including phenoxy) is 1. The van der Waals surface area contributed by atoms with Crippen LogP contribution in [0, 0.1) is 0 Å². The summed E-state index contributed by atoms with van der Waals surface area (Å²) in [7, 11) is -2.28. The Bertz CT molecular complexity index is 559. The molecule has 0 unspecified atom stereocenters. The van der Waals surface area contributed by atoms with E-state index in [1.807, 2.05) is 0 Å². The van der Waals surface area contributed by atoms with E-state index in [0.29, 0.717) is 18.7 Å². The van der Waals surface area contributed by atoms with Crippen LogP contribution in [0.15, 0.2) is 23.1 Å². The summed E-state index contributed by atoms with van der Waals surface area (Å²) in [6.07, 6.45) is 1.41. The van der Waals surface area contributed by atoms with Crippen LogP contribution in [-0.4, -0.2) is 44.1 Å². The summed E-state index contributed by atoms with van der Waals surface area (Å²) in [6, 6.07) is 4.15. The molecule has 0 saturated carbocycles. The Balaban J connectivity index is 2.47. The normalized spacial score (nSPS) is 20.6. The number of aliphatic hydroxyl groups is 1. The zero-order chi connectivity index (χ0) is 14.0. The zero-order valence-corrected chi connectivity index (χ0v) is 11.6. The molecule has 1 aliphatic heterocycles. The third-order valence-electron chi connectivity index (χ3n) is 3.31. The van der Waals surface area contributed by atoms with Crippen LogP contribution in [0.4, 0.5) is 5.69 Å². The third-order valence-corrected chi connectivity index (χ3v) is 5.28. The molecule has 1 saturated heterocycles. The average Bonchev–Trinajstić information content (AvgIpc) is 2.87. The summed E-state index contributed by atoms with van der Waals surface area (Å²) in [5.74, 6) is 0.262. The van der Waals surface area contributed by atoms with Gasteiger partial charge in [0.15, 0.2) is 0 Å². The Hall–Kier alpha value is -1.31. The van der Waals surface area contributed by atoms with Gasteiger partial charge < -0.3 is 15.6 Å². The summed E-state index contributed by atoms with van der Waals surface area (Å²) < 4.78 is 31.6. The van der Waals surface area contributed by atoms with E-state index in [1.54, 1.807) is 6.07 Å². The van der Waals surface area contributed by atoms with Crippen molar-refractivity contribution in [3.05, 3.63) is 18.2 Å². The lowest BCUT2D eigenvalue weighted by Gasteiger charge is -2.23. The van der Waals surface area contributed by atoms with Crippen LogP contribution in [0.25, 0.3) is 0 Å². The van der Waals surface area contributed by atoms with Crippen LogP contribution in [-0.2, 0) is 10.0 Å². The van der Waals surface area contributed by atoms with Crippen molar-refractivity contribution in [1.29, 1.82) is 0 Å². The average molecular weight is 286 g/mol. The number of anilines is 1. The second-order valence-electron chi connectivity index (χ2n) is 4.50. The van der Waals surface area contributed by atoms with Crippen molar-refractivity contribution < 1.29 is 18.3 Å². The van der Waals surface area contributed by atoms with Gasteiger partial charge in [-0.15, -0.1) is 0 Å². The van der Waals surface area contributed by atoms with Crippen molar-refractivity contribution >= 4 is 15.7 Å². The number of sulfonamides is 1. The number of nitrogens with two attached hydrogens (primary N) is 1. The molecule has 6 nitrogen and oxygen atoms in total. The van der Waals surface area contributed by atoms with Crippen molar-refractivity contribution in [2.24, 2.45) is 0 Å². The van der Waals surface area contributed by atoms with E-state index in [-0.39, 0.29) is 23.3 Å². The van der Waals surface area contributed by atoms with Crippen molar-refractivity contribution in [2.75, 3.05) is 26.0 Å². The molecule has 0 spiro atoms. The maximum Gasteiger partial charge on any atom is 0.247 e. The van der Waals surface area contributed by atoms with Crippen molar-refractivity contribution in [3.8, 4) is 5.75 Å². The van der Waals surface area contributed by atoms with Crippen LogP contribution in [0.1, 0.15) is 12.8 Å².